The van der Waals surface area contributed by atoms with Gasteiger partial charge in [0.1, 0.15) is 6.04 Å². The molecule has 7 nitrogen and oxygen atoms in total. The van der Waals surface area contributed by atoms with Gasteiger partial charge >= 0.3 is 0 Å². The highest BCUT2D eigenvalue weighted by Gasteiger charge is 2.42. The lowest BCUT2D eigenvalue weighted by molar-refractivity contribution is -0.384. The fourth-order valence-electron chi connectivity index (χ4n) is 5.55. The third-order valence-electron chi connectivity index (χ3n) is 7.33. The first-order valence-corrected chi connectivity index (χ1v) is 14.0. The number of hydrogen-bond acceptors (Lipinski definition) is 5. The van der Waals surface area contributed by atoms with Crippen LogP contribution in [0, 0.1) is 10.1 Å². The summed E-state index contributed by atoms with van der Waals surface area (Å²) in [4.78, 5) is 19.5. The van der Waals surface area contributed by atoms with Gasteiger partial charge in [0.25, 0.3) is 5.69 Å². The van der Waals surface area contributed by atoms with Gasteiger partial charge in [-0.1, -0.05) is 30.7 Å². The van der Waals surface area contributed by atoms with Gasteiger partial charge in [-0.2, -0.15) is 0 Å². The molecule has 4 aromatic rings. The summed E-state index contributed by atoms with van der Waals surface area (Å²) in [5, 5.41) is 15.2. The molecule has 1 aliphatic carbocycles. The Bertz CT molecular complexity index is 1430. The van der Waals surface area contributed by atoms with Gasteiger partial charge in [-0.15, -0.1) is 0 Å². The first kappa shape index (κ1) is 24.6. The molecule has 0 amide bonds. The largest absolute Gasteiger partial charge is 0.351 e. The van der Waals surface area contributed by atoms with Crippen molar-refractivity contribution in [3.05, 3.63) is 113 Å². The van der Waals surface area contributed by atoms with Crippen LogP contribution in [0.3, 0.4) is 0 Å². The molecule has 1 aliphatic heterocycles. The van der Waals surface area contributed by atoms with Crippen LogP contribution < -0.4 is 10.2 Å². The predicted molar refractivity (Wildman–Crippen MR) is 154 cm³/mol. The van der Waals surface area contributed by atoms with E-state index in [0.717, 1.165) is 21.2 Å². The maximum Gasteiger partial charge on any atom is 0.269 e. The SMILES string of the molecule is O=[N+]([O-])c1ccc(Sc2ccc(N3C(=S)N[C@H](c4ccccn4)[C@H]3c3cccn3C3CCCC3)cc2)cc1. The summed E-state index contributed by atoms with van der Waals surface area (Å²) in [5.41, 5.74) is 3.31. The summed E-state index contributed by atoms with van der Waals surface area (Å²) in [6, 6.07) is 25.7. The Labute approximate surface area is 231 Å². The summed E-state index contributed by atoms with van der Waals surface area (Å²) in [5.74, 6) is 0. The molecule has 1 N–H and O–H groups in total. The zero-order chi connectivity index (χ0) is 26.1. The molecule has 2 aromatic heterocycles. The van der Waals surface area contributed by atoms with Gasteiger partial charge in [0.05, 0.1) is 16.7 Å². The lowest BCUT2D eigenvalue weighted by Gasteiger charge is -2.30. The number of pyridine rings is 1. The van der Waals surface area contributed by atoms with Crippen molar-refractivity contribution in [1.82, 2.24) is 14.9 Å². The molecule has 0 radical (unpaired) electrons. The highest BCUT2D eigenvalue weighted by Crippen LogP contribution is 2.44. The molecule has 1 saturated heterocycles. The Morgan fingerprint density at radius 2 is 1.66 bits per heavy atom. The van der Waals surface area contributed by atoms with Crippen molar-refractivity contribution < 1.29 is 4.92 Å². The second-order valence-electron chi connectivity index (χ2n) is 9.62. The van der Waals surface area contributed by atoms with Gasteiger partial charge in [0.2, 0.25) is 0 Å². The third-order valence-corrected chi connectivity index (χ3v) is 8.66. The van der Waals surface area contributed by atoms with E-state index in [4.69, 9.17) is 12.2 Å². The number of benzene rings is 2. The normalized spacial score (nSPS) is 19.6. The Kier molecular flexibility index (Phi) is 6.86. The number of nitro benzene ring substituents is 1. The minimum atomic E-state index is -0.381. The summed E-state index contributed by atoms with van der Waals surface area (Å²) < 4.78 is 2.45. The van der Waals surface area contributed by atoms with E-state index in [9.17, 15) is 10.1 Å². The van der Waals surface area contributed by atoms with Gasteiger partial charge in [-0.3, -0.25) is 15.1 Å². The van der Waals surface area contributed by atoms with Crippen LogP contribution in [0.5, 0.6) is 0 Å². The molecule has 3 heterocycles. The van der Waals surface area contributed by atoms with E-state index < -0.39 is 0 Å². The highest BCUT2D eigenvalue weighted by atomic mass is 32.2. The van der Waals surface area contributed by atoms with E-state index >= 15 is 0 Å². The minimum absolute atomic E-state index is 0.0406. The molecule has 0 spiro atoms. The van der Waals surface area contributed by atoms with Crippen LogP contribution in [0.15, 0.2) is 101 Å². The van der Waals surface area contributed by atoms with E-state index in [0.29, 0.717) is 11.2 Å². The predicted octanol–water partition coefficient (Wildman–Crippen LogP) is 7.23. The molecule has 0 bridgehead atoms. The van der Waals surface area contributed by atoms with Crippen molar-refractivity contribution in [3.63, 3.8) is 0 Å². The lowest BCUT2D eigenvalue weighted by Crippen LogP contribution is -2.30. The fourth-order valence-corrected chi connectivity index (χ4v) is 6.72. The van der Waals surface area contributed by atoms with Crippen LogP contribution in [0.2, 0.25) is 0 Å². The molecule has 1 saturated carbocycles. The quantitative estimate of drug-likeness (QED) is 0.150. The average molecular weight is 542 g/mol. The van der Waals surface area contributed by atoms with Crippen molar-refractivity contribution in [2.45, 2.75) is 53.6 Å². The average Bonchev–Trinajstić information content (AvgIpc) is 3.70. The molecule has 2 aromatic carbocycles. The summed E-state index contributed by atoms with van der Waals surface area (Å²) in [6.07, 6.45) is 8.99. The van der Waals surface area contributed by atoms with Crippen LogP contribution >= 0.6 is 24.0 Å². The van der Waals surface area contributed by atoms with Crippen LogP contribution in [-0.2, 0) is 0 Å². The van der Waals surface area contributed by atoms with Crippen molar-refractivity contribution >= 4 is 40.5 Å². The number of anilines is 1. The third kappa shape index (κ3) is 4.79. The van der Waals surface area contributed by atoms with Gasteiger partial charge < -0.3 is 14.8 Å². The second kappa shape index (κ2) is 10.6. The van der Waals surface area contributed by atoms with Crippen molar-refractivity contribution in [2.75, 3.05) is 4.90 Å². The fraction of sp³-hybridized carbons (Fsp3) is 0.241. The number of rotatable bonds is 7. The maximum absolute atomic E-state index is 11.0. The summed E-state index contributed by atoms with van der Waals surface area (Å²) in [7, 11) is 0. The first-order chi connectivity index (χ1) is 18.6. The molecule has 2 fully saturated rings. The molecule has 6 rings (SSSR count). The first-order valence-electron chi connectivity index (χ1n) is 12.8. The van der Waals surface area contributed by atoms with E-state index in [2.05, 4.69) is 68.4 Å². The highest BCUT2D eigenvalue weighted by molar-refractivity contribution is 7.99. The smallest absolute Gasteiger partial charge is 0.269 e. The Hall–Kier alpha value is -3.69. The second-order valence-corrected chi connectivity index (χ2v) is 11.2. The number of aromatic nitrogens is 2. The lowest BCUT2D eigenvalue weighted by atomic mass is 10.0. The number of non-ortho nitro benzene ring substituents is 1. The number of thiocarbonyl (C=S) groups is 1. The summed E-state index contributed by atoms with van der Waals surface area (Å²) in [6.45, 7) is 0. The Morgan fingerprint density at radius 3 is 2.32 bits per heavy atom. The van der Waals surface area contributed by atoms with Crippen LogP contribution in [0.25, 0.3) is 0 Å². The van der Waals surface area contributed by atoms with E-state index in [1.807, 2.05) is 18.3 Å². The van der Waals surface area contributed by atoms with Crippen molar-refractivity contribution in [1.29, 1.82) is 0 Å². The van der Waals surface area contributed by atoms with Crippen molar-refractivity contribution in [2.24, 2.45) is 0 Å². The van der Waals surface area contributed by atoms with Gasteiger partial charge in [-0.05, 0) is 85.7 Å². The zero-order valence-electron chi connectivity index (χ0n) is 20.6. The molecule has 2 atom stereocenters. The molecule has 38 heavy (non-hydrogen) atoms. The molecular formula is C29H27N5O2S2. The topological polar surface area (TPSA) is 76.2 Å². The minimum Gasteiger partial charge on any atom is -0.351 e. The summed E-state index contributed by atoms with van der Waals surface area (Å²) >= 11 is 7.49. The van der Waals surface area contributed by atoms with E-state index in [1.54, 1.807) is 23.9 Å². The van der Waals surface area contributed by atoms with Gasteiger partial charge in [0.15, 0.2) is 5.11 Å². The van der Waals surface area contributed by atoms with E-state index in [1.165, 1.54) is 43.5 Å². The molecule has 0 unspecified atom stereocenters. The zero-order valence-corrected chi connectivity index (χ0v) is 22.3. The molecular weight excluding hydrogens is 514 g/mol. The van der Waals surface area contributed by atoms with Gasteiger partial charge in [-0.25, -0.2) is 0 Å². The Balaban J connectivity index is 1.32. The molecule has 9 heteroatoms. The maximum atomic E-state index is 11.0. The Morgan fingerprint density at radius 1 is 0.947 bits per heavy atom. The van der Waals surface area contributed by atoms with E-state index in [-0.39, 0.29) is 22.7 Å². The number of nitrogens with one attached hydrogen (secondary N) is 1. The standard InChI is InChI=1S/C29H27N5O2S2/c35-34(36)22-12-16-24(17-13-22)38-23-14-10-21(11-15-23)33-28(26-9-5-19-32(26)20-6-1-2-7-20)27(31-29(33)37)25-8-3-4-18-30-25/h3-5,8-20,27-28H,1-2,6-7H2,(H,31,37)/t27-,28-/m1/s1. The van der Waals surface area contributed by atoms with Crippen LogP contribution in [-0.4, -0.2) is 19.6 Å². The van der Waals surface area contributed by atoms with Crippen LogP contribution in [0.1, 0.15) is 55.2 Å². The monoisotopic (exact) mass is 541 g/mol. The number of hydrogen-bond donors (Lipinski definition) is 1. The van der Waals surface area contributed by atoms with Crippen molar-refractivity contribution in [3.8, 4) is 0 Å². The number of nitrogens with zero attached hydrogens (tertiary/aromatic N) is 4. The molecule has 2 aliphatic rings. The molecule has 192 valence electrons. The number of nitro groups is 1. The van der Waals surface area contributed by atoms with Gasteiger partial charge in [0, 0.05) is 51.7 Å². The van der Waals surface area contributed by atoms with Crippen LogP contribution in [0.4, 0.5) is 11.4 Å².